The second-order valence-electron chi connectivity index (χ2n) is 3.60. The zero-order valence-corrected chi connectivity index (χ0v) is 9.20. The predicted octanol–water partition coefficient (Wildman–Crippen LogP) is 2.82. The van der Waals surface area contributed by atoms with Gasteiger partial charge in [0.2, 0.25) is 0 Å². The van der Waals surface area contributed by atoms with Gasteiger partial charge in [0, 0.05) is 0 Å². The van der Waals surface area contributed by atoms with E-state index >= 15 is 0 Å². The Hall–Kier alpha value is -2.69. The number of rotatable bonds is 2. The van der Waals surface area contributed by atoms with E-state index in [0.29, 0.717) is 5.56 Å². The second kappa shape index (κ2) is 4.67. The lowest BCUT2D eigenvalue weighted by Gasteiger charge is -2.06. The van der Waals surface area contributed by atoms with Crippen LogP contribution in [0.25, 0.3) is 11.1 Å². The predicted molar refractivity (Wildman–Crippen MR) is 63.9 cm³/mol. The van der Waals surface area contributed by atoms with Crippen LogP contribution >= 0.6 is 0 Å². The minimum atomic E-state index is -1.49. The molecule has 5 heteroatoms. The van der Waals surface area contributed by atoms with Crippen LogP contribution in [0.15, 0.2) is 42.5 Å². The van der Waals surface area contributed by atoms with Crippen LogP contribution in [-0.4, -0.2) is 21.5 Å². The van der Waals surface area contributed by atoms with E-state index < -0.39 is 6.16 Å². The van der Waals surface area contributed by atoms with Crippen molar-refractivity contribution in [1.82, 2.24) is 0 Å². The molecule has 0 amide bonds. The molecule has 0 spiro atoms. The first-order valence-electron chi connectivity index (χ1n) is 5.09. The molecule has 18 heavy (non-hydrogen) atoms. The molecule has 0 heterocycles. The summed E-state index contributed by atoms with van der Waals surface area (Å²) in [5.74, 6) is -0.243. The molecule has 0 aliphatic carbocycles. The highest BCUT2D eigenvalue weighted by Gasteiger charge is 2.09. The minimum Gasteiger partial charge on any atom is -0.508 e. The summed E-state index contributed by atoms with van der Waals surface area (Å²) >= 11 is 0. The van der Waals surface area contributed by atoms with E-state index in [0.717, 1.165) is 5.56 Å². The van der Waals surface area contributed by atoms with Crippen molar-refractivity contribution in [2.24, 2.45) is 0 Å². The number of ether oxygens (including phenoxy) is 1. The quantitative estimate of drug-likeness (QED) is 0.560. The largest absolute Gasteiger partial charge is 0.511 e. The van der Waals surface area contributed by atoms with Crippen molar-refractivity contribution < 1.29 is 24.9 Å². The monoisotopic (exact) mass is 246 g/mol. The smallest absolute Gasteiger partial charge is 0.508 e. The van der Waals surface area contributed by atoms with Crippen molar-refractivity contribution in [3.63, 3.8) is 0 Å². The first kappa shape index (κ1) is 11.8. The lowest BCUT2D eigenvalue weighted by Crippen LogP contribution is -2.03. The summed E-state index contributed by atoms with van der Waals surface area (Å²) in [5, 5.41) is 27.1. The molecule has 0 radical (unpaired) electrons. The van der Waals surface area contributed by atoms with Crippen LogP contribution in [0.5, 0.6) is 17.2 Å². The average Bonchev–Trinajstić information content (AvgIpc) is 2.32. The Morgan fingerprint density at radius 3 is 2.17 bits per heavy atom. The Kier molecular flexibility index (Phi) is 3.05. The van der Waals surface area contributed by atoms with Crippen molar-refractivity contribution >= 4 is 6.16 Å². The van der Waals surface area contributed by atoms with Gasteiger partial charge in [-0.1, -0.05) is 18.2 Å². The molecule has 0 unspecified atom stereocenters. The summed E-state index contributed by atoms with van der Waals surface area (Å²) in [6.07, 6.45) is -1.49. The molecule has 0 aliphatic heterocycles. The minimum absolute atomic E-state index is 0.131. The van der Waals surface area contributed by atoms with Gasteiger partial charge in [-0.2, -0.15) is 0 Å². The highest BCUT2D eigenvalue weighted by Crippen LogP contribution is 2.32. The van der Waals surface area contributed by atoms with Gasteiger partial charge in [0.15, 0.2) is 11.5 Å². The van der Waals surface area contributed by atoms with Crippen LogP contribution in [0.2, 0.25) is 0 Å². The maximum Gasteiger partial charge on any atom is 0.511 e. The fourth-order valence-electron chi connectivity index (χ4n) is 1.52. The zero-order valence-electron chi connectivity index (χ0n) is 9.20. The van der Waals surface area contributed by atoms with Crippen molar-refractivity contribution in [3.05, 3.63) is 42.5 Å². The molecule has 2 aromatic rings. The molecule has 0 atom stereocenters. The van der Waals surface area contributed by atoms with E-state index in [1.165, 1.54) is 24.3 Å². The van der Waals surface area contributed by atoms with E-state index in [1.54, 1.807) is 18.2 Å². The second-order valence-corrected chi connectivity index (χ2v) is 3.60. The molecular formula is C13H10O5. The molecule has 0 aromatic heterocycles. The molecule has 0 saturated carbocycles. The lowest BCUT2D eigenvalue weighted by atomic mass is 10.1. The van der Waals surface area contributed by atoms with Gasteiger partial charge in [-0.25, -0.2) is 4.79 Å². The Balaban J connectivity index is 2.40. The molecular weight excluding hydrogens is 236 g/mol. The normalized spacial score (nSPS) is 10.0. The molecule has 0 bridgehead atoms. The Morgan fingerprint density at radius 1 is 0.944 bits per heavy atom. The highest BCUT2D eigenvalue weighted by molar-refractivity contribution is 5.70. The van der Waals surface area contributed by atoms with Gasteiger partial charge in [0.05, 0.1) is 0 Å². The fraction of sp³-hybridized carbons (Fsp3) is 0. The standard InChI is InChI=1S/C13H10O5/c14-10-4-1-8(2-5-10)9-3-6-11(15)12(7-9)18-13(16)17/h1-7,14-15H,(H,16,17). The first-order chi connectivity index (χ1) is 8.56. The highest BCUT2D eigenvalue weighted by atomic mass is 16.7. The van der Waals surface area contributed by atoms with Crippen molar-refractivity contribution in [1.29, 1.82) is 0 Å². The number of aromatic hydroxyl groups is 2. The third-order valence-corrected chi connectivity index (χ3v) is 2.36. The van der Waals surface area contributed by atoms with E-state index in [-0.39, 0.29) is 17.2 Å². The number of phenolic OH excluding ortho intramolecular Hbond substituents is 2. The Labute approximate surface area is 103 Å². The van der Waals surface area contributed by atoms with Crippen LogP contribution in [0.3, 0.4) is 0 Å². The summed E-state index contributed by atoms with van der Waals surface area (Å²) in [6, 6.07) is 10.8. The summed E-state index contributed by atoms with van der Waals surface area (Å²) in [4.78, 5) is 10.4. The van der Waals surface area contributed by atoms with Gasteiger partial charge in [0.25, 0.3) is 0 Å². The number of benzene rings is 2. The number of carbonyl (C=O) groups is 1. The Morgan fingerprint density at radius 2 is 1.56 bits per heavy atom. The maximum atomic E-state index is 10.4. The van der Waals surface area contributed by atoms with Gasteiger partial charge >= 0.3 is 6.16 Å². The van der Waals surface area contributed by atoms with Crippen LogP contribution in [0.1, 0.15) is 0 Å². The van der Waals surface area contributed by atoms with Crippen molar-refractivity contribution in [2.45, 2.75) is 0 Å². The van der Waals surface area contributed by atoms with E-state index in [4.69, 9.17) is 5.11 Å². The number of carboxylic acid groups (broad SMARTS) is 1. The third-order valence-electron chi connectivity index (χ3n) is 2.36. The molecule has 3 N–H and O–H groups in total. The average molecular weight is 246 g/mol. The van der Waals surface area contributed by atoms with Crippen molar-refractivity contribution in [3.8, 4) is 28.4 Å². The van der Waals surface area contributed by atoms with Crippen LogP contribution < -0.4 is 4.74 Å². The summed E-state index contributed by atoms with van der Waals surface area (Å²) in [5.41, 5.74) is 1.44. The number of hydrogen-bond donors (Lipinski definition) is 3. The molecule has 0 saturated heterocycles. The van der Waals surface area contributed by atoms with Gasteiger partial charge < -0.3 is 20.1 Å². The molecule has 92 valence electrons. The molecule has 0 fully saturated rings. The summed E-state index contributed by atoms with van der Waals surface area (Å²) in [7, 11) is 0. The zero-order chi connectivity index (χ0) is 13.1. The molecule has 2 rings (SSSR count). The van der Waals surface area contributed by atoms with E-state index in [9.17, 15) is 15.0 Å². The molecule has 2 aromatic carbocycles. The van der Waals surface area contributed by atoms with Gasteiger partial charge in [-0.3, -0.25) is 0 Å². The summed E-state index contributed by atoms with van der Waals surface area (Å²) in [6.45, 7) is 0. The number of phenols is 2. The van der Waals surface area contributed by atoms with Gasteiger partial charge in [0.1, 0.15) is 5.75 Å². The SMILES string of the molecule is O=C(O)Oc1cc(-c2ccc(O)cc2)ccc1O. The topological polar surface area (TPSA) is 87.0 Å². The molecule has 0 aliphatic rings. The van der Waals surface area contributed by atoms with Gasteiger partial charge in [-0.05, 0) is 35.4 Å². The van der Waals surface area contributed by atoms with Crippen LogP contribution in [0.4, 0.5) is 4.79 Å². The van der Waals surface area contributed by atoms with Crippen LogP contribution in [-0.2, 0) is 0 Å². The lowest BCUT2D eigenvalue weighted by molar-refractivity contribution is 0.143. The molecule has 5 nitrogen and oxygen atoms in total. The van der Waals surface area contributed by atoms with Crippen molar-refractivity contribution in [2.75, 3.05) is 0 Å². The van der Waals surface area contributed by atoms with Gasteiger partial charge in [-0.15, -0.1) is 0 Å². The first-order valence-corrected chi connectivity index (χ1v) is 5.09. The Bertz CT molecular complexity index is 574. The number of hydrogen-bond acceptors (Lipinski definition) is 4. The third kappa shape index (κ3) is 2.52. The van der Waals surface area contributed by atoms with E-state index in [2.05, 4.69) is 4.74 Å². The fourth-order valence-corrected chi connectivity index (χ4v) is 1.52. The maximum absolute atomic E-state index is 10.4. The van der Waals surface area contributed by atoms with E-state index in [1.807, 2.05) is 0 Å². The summed E-state index contributed by atoms with van der Waals surface area (Å²) < 4.78 is 4.45. The van der Waals surface area contributed by atoms with Crippen LogP contribution in [0, 0.1) is 0 Å².